The molecule has 1 aromatic rings. The van der Waals surface area contributed by atoms with Crippen LogP contribution in [-0.2, 0) is 22.5 Å². The fourth-order valence-corrected chi connectivity index (χ4v) is 1.48. The molecule has 1 heterocycles. The van der Waals surface area contributed by atoms with Gasteiger partial charge in [-0.15, -0.1) is 0 Å². The average molecular weight is 244 g/mol. The Morgan fingerprint density at radius 1 is 1.59 bits per heavy atom. The van der Waals surface area contributed by atoms with Gasteiger partial charge in [-0.1, -0.05) is 0 Å². The van der Waals surface area contributed by atoms with E-state index >= 15 is 0 Å². The Balaban J connectivity index is 3.15. The van der Waals surface area contributed by atoms with Crippen molar-refractivity contribution < 1.29 is 18.3 Å². The van der Waals surface area contributed by atoms with Gasteiger partial charge in [0.2, 0.25) is 0 Å². The zero-order chi connectivity index (χ0) is 13.0. The van der Waals surface area contributed by atoms with Crippen molar-refractivity contribution in [3.63, 3.8) is 0 Å². The molecule has 0 unspecified atom stereocenters. The van der Waals surface area contributed by atoms with Gasteiger partial charge in [-0.3, -0.25) is 9.78 Å². The maximum absolute atomic E-state index is 12.7. The summed E-state index contributed by atoms with van der Waals surface area (Å²) >= 11 is 0. The van der Waals surface area contributed by atoms with Gasteiger partial charge in [-0.2, -0.15) is 0 Å². The maximum Gasteiger partial charge on any atom is 0.311 e. The lowest BCUT2D eigenvalue weighted by atomic mass is 10.1. The van der Waals surface area contributed by atoms with Crippen LogP contribution in [0.1, 0.15) is 28.9 Å². The molecule has 0 aromatic carbocycles. The largest absolute Gasteiger partial charge is 0.469 e. The van der Waals surface area contributed by atoms with Gasteiger partial charge in [0.05, 0.1) is 19.2 Å². The van der Waals surface area contributed by atoms with E-state index in [-0.39, 0.29) is 24.4 Å². The number of nitrogens with two attached hydrogens (primary N) is 1. The first-order chi connectivity index (χ1) is 7.99. The number of carbonyl (C=O) groups is 1. The minimum Gasteiger partial charge on any atom is -0.469 e. The van der Waals surface area contributed by atoms with E-state index in [9.17, 15) is 13.6 Å². The number of hydrogen-bond donors (Lipinski definition) is 1. The molecule has 0 radical (unpaired) electrons. The summed E-state index contributed by atoms with van der Waals surface area (Å²) in [6.45, 7) is 1.67. The number of hydrogen-bond acceptors (Lipinski definition) is 4. The first-order valence-electron chi connectivity index (χ1n) is 5.04. The molecule has 6 heteroatoms. The van der Waals surface area contributed by atoms with Crippen LogP contribution in [0.5, 0.6) is 0 Å². The molecule has 1 rings (SSSR count). The number of pyridine rings is 1. The fourth-order valence-electron chi connectivity index (χ4n) is 1.48. The van der Waals surface area contributed by atoms with Gasteiger partial charge >= 0.3 is 5.97 Å². The molecule has 0 aliphatic heterocycles. The van der Waals surface area contributed by atoms with Crippen LogP contribution in [-0.4, -0.2) is 18.1 Å². The Labute approximate surface area is 97.8 Å². The molecule has 2 N–H and O–H groups in total. The van der Waals surface area contributed by atoms with Crippen LogP contribution in [0.4, 0.5) is 8.78 Å². The topological polar surface area (TPSA) is 65.2 Å². The summed E-state index contributed by atoms with van der Waals surface area (Å²) < 4.78 is 29.9. The highest BCUT2D eigenvalue weighted by Crippen LogP contribution is 2.23. The Hall–Kier alpha value is -1.56. The van der Waals surface area contributed by atoms with Crippen molar-refractivity contribution in [1.82, 2.24) is 4.98 Å². The first-order valence-corrected chi connectivity index (χ1v) is 5.04. The number of aromatic nitrogens is 1. The van der Waals surface area contributed by atoms with E-state index in [0.29, 0.717) is 11.1 Å². The van der Waals surface area contributed by atoms with Crippen LogP contribution < -0.4 is 5.73 Å². The molecule has 0 saturated heterocycles. The maximum atomic E-state index is 12.7. The average Bonchev–Trinajstić information content (AvgIpc) is 2.30. The number of rotatable bonds is 4. The van der Waals surface area contributed by atoms with Gasteiger partial charge in [-0.05, 0) is 24.1 Å². The van der Waals surface area contributed by atoms with Gasteiger partial charge in [-0.25, -0.2) is 8.78 Å². The number of ether oxygens (including phenoxy) is 1. The Morgan fingerprint density at radius 2 is 2.24 bits per heavy atom. The van der Waals surface area contributed by atoms with Crippen molar-refractivity contribution in [2.75, 3.05) is 7.11 Å². The molecule has 94 valence electrons. The molecule has 0 spiro atoms. The molecular formula is C11H14F2N2O2. The summed E-state index contributed by atoms with van der Waals surface area (Å²) in [5.41, 5.74) is 6.32. The van der Waals surface area contributed by atoms with Crippen LogP contribution in [0, 0.1) is 6.92 Å². The van der Waals surface area contributed by atoms with Gasteiger partial charge in [0.1, 0.15) is 5.69 Å². The second-order valence-electron chi connectivity index (χ2n) is 3.54. The quantitative estimate of drug-likeness (QED) is 0.815. The monoisotopic (exact) mass is 244 g/mol. The highest BCUT2D eigenvalue weighted by molar-refractivity contribution is 5.71. The number of nitrogens with zero attached hydrogens (tertiary/aromatic N) is 1. The smallest absolute Gasteiger partial charge is 0.311 e. The number of halogens is 2. The standard InChI is InChI=1S/C11H14F2N2O2/c1-6-7(5-14)3-8(4-9(16)17-2)15-10(6)11(12)13/h3,11H,4-5,14H2,1-2H3. The summed E-state index contributed by atoms with van der Waals surface area (Å²) in [6, 6.07) is 1.55. The van der Waals surface area contributed by atoms with Crippen LogP contribution in [0.2, 0.25) is 0 Å². The summed E-state index contributed by atoms with van der Waals surface area (Å²) in [5, 5.41) is 0. The number of carbonyl (C=O) groups excluding carboxylic acids is 1. The van der Waals surface area contributed by atoms with Gasteiger partial charge in [0.15, 0.2) is 0 Å². The summed E-state index contributed by atoms with van der Waals surface area (Å²) in [6.07, 6.45) is -2.82. The molecule has 0 bridgehead atoms. The molecule has 1 aromatic heterocycles. The molecule has 0 amide bonds. The van der Waals surface area contributed by atoms with Crippen molar-refractivity contribution in [3.8, 4) is 0 Å². The normalized spacial score (nSPS) is 10.7. The molecule has 17 heavy (non-hydrogen) atoms. The number of esters is 1. The lowest BCUT2D eigenvalue weighted by Gasteiger charge is -2.11. The Bertz CT molecular complexity index is 422. The van der Waals surface area contributed by atoms with E-state index in [1.54, 1.807) is 13.0 Å². The third-order valence-electron chi connectivity index (χ3n) is 2.45. The van der Waals surface area contributed by atoms with E-state index in [1.807, 2.05) is 0 Å². The number of methoxy groups -OCH3 is 1. The summed E-state index contributed by atoms with van der Waals surface area (Å²) in [4.78, 5) is 14.8. The minimum absolute atomic E-state index is 0.127. The third-order valence-corrected chi connectivity index (χ3v) is 2.45. The summed E-state index contributed by atoms with van der Waals surface area (Å²) in [7, 11) is 1.23. The minimum atomic E-state index is -2.68. The van der Waals surface area contributed by atoms with E-state index in [4.69, 9.17) is 5.73 Å². The molecule has 0 saturated carbocycles. The van der Waals surface area contributed by atoms with E-state index in [0.717, 1.165) is 0 Å². The Morgan fingerprint density at radius 3 is 2.71 bits per heavy atom. The zero-order valence-corrected chi connectivity index (χ0v) is 9.67. The van der Waals surface area contributed by atoms with Crippen molar-refractivity contribution in [2.45, 2.75) is 26.3 Å². The second kappa shape index (κ2) is 5.67. The van der Waals surface area contributed by atoms with Gasteiger partial charge in [0.25, 0.3) is 6.43 Å². The lowest BCUT2D eigenvalue weighted by molar-refractivity contribution is -0.139. The van der Waals surface area contributed by atoms with Crippen molar-refractivity contribution in [3.05, 3.63) is 28.6 Å². The predicted octanol–water partition coefficient (Wildman–Crippen LogP) is 1.50. The summed E-state index contributed by atoms with van der Waals surface area (Å²) in [5.74, 6) is -0.524. The van der Waals surface area contributed by atoms with Crippen molar-refractivity contribution in [2.24, 2.45) is 5.73 Å². The van der Waals surface area contributed by atoms with Gasteiger partial charge in [0, 0.05) is 6.54 Å². The highest BCUT2D eigenvalue weighted by Gasteiger charge is 2.17. The fraction of sp³-hybridized carbons (Fsp3) is 0.455. The molecule has 0 fully saturated rings. The SMILES string of the molecule is COC(=O)Cc1cc(CN)c(C)c(C(F)F)n1. The van der Waals surface area contributed by atoms with E-state index < -0.39 is 12.4 Å². The molecule has 0 aliphatic carbocycles. The van der Waals surface area contributed by atoms with E-state index in [2.05, 4.69) is 9.72 Å². The lowest BCUT2D eigenvalue weighted by Crippen LogP contribution is -2.11. The Kier molecular flexibility index (Phi) is 4.51. The van der Waals surface area contributed by atoms with Crippen molar-refractivity contribution >= 4 is 5.97 Å². The van der Waals surface area contributed by atoms with Crippen LogP contribution >= 0.6 is 0 Å². The van der Waals surface area contributed by atoms with Gasteiger partial charge < -0.3 is 10.5 Å². The van der Waals surface area contributed by atoms with Crippen molar-refractivity contribution in [1.29, 1.82) is 0 Å². The molecule has 0 atom stereocenters. The predicted molar refractivity (Wildman–Crippen MR) is 57.5 cm³/mol. The van der Waals surface area contributed by atoms with Crippen LogP contribution in [0.15, 0.2) is 6.07 Å². The first kappa shape index (κ1) is 13.5. The molecule has 0 aliphatic rings. The van der Waals surface area contributed by atoms with E-state index in [1.165, 1.54) is 7.11 Å². The second-order valence-corrected chi connectivity index (χ2v) is 3.54. The van der Waals surface area contributed by atoms with Crippen LogP contribution in [0.25, 0.3) is 0 Å². The molecule has 4 nitrogen and oxygen atoms in total. The number of alkyl halides is 2. The highest BCUT2D eigenvalue weighted by atomic mass is 19.3. The zero-order valence-electron chi connectivity index (χ0n) is 9.67. The molecular weight excluding hydrogens is 230 g/mol. The third kappa shape index (κ3) is 3.20. The van der Waals surface area contributed by atoms with Crippen LogP contribution in [0.3, 0.4) is 0 Å².